The zero-order chi connectivity index (χ0) is 77.7. The normalized spacial score (nSPS) is 17.5. The van der Waals surface area contributed by atoms with Crippen LogP contribution in [0.4, 0.5) is 0 Å². The number of amides is 5. The molecule has 31 heteroatoms. The maximum absolute atomic E-state index is 13.3. The molecule has 0 spiro atoms. The van der Waals surface area contributed by atoms with Crippen molar-refractivity contribution in [3.63, 3.8) is 0 Å². The van der Waals surface area contributed by atoms with E-state index in [2.05, 4.69) is 26.6 Å². The van der Waals surface area contributed by atoms with Gasteiger partial charge in [0.1, 0.15) is 65.0 Å². The Labute approximate surface area is 583 Å². The zero-order valence-electron chi connectivity index (χ0n) is 60.8. The summed E-state index contributed by atoms with van der Waals surface area (Å²) in [5.74, 6) is -9.30. The fourth-order valence-corrected chi connectivity index (χ4v) is 11.5. The fourth-order valence-electron chi connectivity index (χ4n) is 8.77. The van der Waals surface area contributed by atoms with E-state index in [-0.39, 0.29) is 64.6 Å². The number of carboxylic acids is 3. The summed E-state index contributed by atoms with van der Waals surface area (Å²) in [7, 11) is -5.24. The minimum atomic E-state index is -2.74. The molecule has 5 amide bonds. The van der Waals surface area contributed by atoms with E-state index < -0.39 is 162 Å². The molecule has 1 saturated heterocycles. The number of hydrogen-bond donors (Lipinski definition) is 13. The number of aliphatic carboxylic acids is 3. The smallest absolute Gasteiger partial charge is 0.305 e. The first-order valence-electron chi connectivity index (χ1n) is 32.7. The molecule has 29 nitrogen and oxygen atoms in total. The Morgan fingerprint density at radius 3 is 1.31 bits per heavy atom. The molecule has 0 aromatic heterocycles. The quantitative estimate of drug-likeness (QED) is 0.0482. The molecule has 8 unspecified atom stereocenters. The van der Waals surface area contributed by atoms with Crippen LogP contribution >= 0.6 is 7.14 Å². The van der Waals surface area contributed by atoms with Gasteiger partial charge in [-0.2, -0.15) is 0 Å². The minimum absolute atomic E-state index is 0.0445. The van der Waals surface area contributed by atoms with Gasteiger partial charge in [0.25, 0.3) is 0 Å². The number of hydrogen-bond acceptors (Lipinski definition) is 21. The van der Waals surface area contributed by atoms with Crippen molar-refractivity contribution in [1.29, 1.82) is 0 Å². The predicted octanol–water partition coefficient (Wildman–Crippen LogP) is 2.58. The summed E-state index contributed by atoms with van der Waals surface area (Å²) in [6.45, 7) is 29.9. The molecular weight excluding hydrogens is 1330 g/mol. The van der Waals surface area contributed by atoms with Gasteiger partial charge in [0, 0.05) is 67.0 Å². The van der Waals surface area contributed by atoms with Crippen molar-refractivity contribution < 1.29 is 106 Å². The molecule has 1 aliphatic heterocycles. The number of nitrogens with one attached hydrogen (secondary N) is 5. The SMILES string of the molecule is CC(=O)C(N)CCC(=O)C(C)C.CC(=O)NC(CC(=O)O)C(=O)NC(CCC(=O)O)C(=O)NC(C(=O)NC(CC(=O)O)C(=O)C(C)C)C(C)C.CC(=O)NC1[C@H](C(C)C)OC(CO)[C@@H](O)[C@@H]1O.CC(C)C(=O)C(C)N.CC(C)P(=O)(c1ccccc1)c1ccccc1.CC(C)S(C)(=O)=O. The molecule has 1 fully saturated rings. The Morgan fingerprint density at radius 1 is 0.556 bits per heavy atom. The summed E-state index contributed by atoms with van der Waals surface area (Å²) in [5, 5.41) is 69.2. The number of carbonyl (C=O) groups excluding carboxylic acids is 9. The maximum Gasteiger partial charge on any atom is 0.305 e. The van der Waals surface area contributed by atoms with E-state index in [1.165, 1.54) is 34.0 Å². The van der Waals surface area contributed by atoms with E-state index in [9.17, 15) is 80.7 Å². The maximum atomic E-state index is 13.3. The van der Waals surface area contributed by atoms with Crippen LogP contribution < -0.4 is 48.7 Å². The largest absolute Gasteiger partial charge is 0.481 e. The van der Waals surface area contributed by atoms with Gasteiger partial charge in [-0.1, -0.05) is 144 Å². The highest BCUT2D eigenvalue weighted by molar-refractivity contribution is 7.91. The second kappa shape index (κ2) is 47.8. The standard InChI is InChI=1S/C23H36N4O11.C15H17OP.C11H21NO5.C9H17NO2.C6H13NO.C4H10O2S/c1-10(2)19(23(38)26-14(8-17(31)32)20(35)11(3)4)27-21(36)13(6-7-16(29)30)25-22(37)15(9-18(33)34)24-12(5)28;1-13(2)17(16,14-9-5-3-6-10-14)15-11-7-4-8-12-15;1-5(2)11-8(12-6(3)14)10(16)9(15)7(4-13)17-11;1-6(2)9(12)5-4-8(10)7(3)11;1-4(2)6(8)5(3)7;1-4(2)7(3,5)6/h10-11,13-15,19H,6-9H2,1-5H3,(H,24,28)(H,25,37)(H,26,38)(H,27,36)(H,29,30)(H,31,32)(H,33,34);3-13H,1-2H3;5,7-11,13,15-16H,4H2,1-3H3,(H,12,14);6,8H,4-5,10H2,1-3H3;4-5H,7H2,1-3H3;4H,1-3H3/t;;7?,8?,9-,10-,11+;;;/m..1.../s1. The summed E-state index contributed by atoms with van der Waals surface area (Å²) in [4.78, 5) is 139. The number of aliphatic hydroxyl groups is 3. The number of nitrogens with two attached hydrogens (primary N) is 2. The van der Waals surface area contributed by atoms with Crippen LogP contribution in [0.5, 0.6) is 0 Å². The van der Waals surface area contributed by atoms with Gasteiger partial charge in [0.05, 0.1) is 55.0 Å². The van der Waals surface area contributed by atoms with Crippen LogP contribution in [0.1, 0.15) is 163 Å². The first kappa shape index (κ1) is 96.0. The summed E-state index contributed by atoms with van der Waals surface area (Å²) >= 11 is 0. The van der Waals surface area contributed by atoms with Gasteiger partial charge in [0.2, 0.25) is 29.5 Å². The average molecular weight is 1440 g/mol. The number of sulfone groups is 1. The Bertz CT molecular complexity index is 2990. The number of aliphatic hydroxyl groups excluding tert-OH is 3. The van der Waals surface area contributed by atoms with Gasteiger partial charge < -0.3 is 78.0 Å². The number of carboxylic acid groups (broad SMARTS) is 3. The summed E-state index contributed by atoms with van der Waals surface area (Å²) in [6, 6.07) is 12.4. The van der Waals surface area contributed by atoms with Crippen molar-refractivity contribution in [2.24, 2.45) is 41.1 Å². The molecule has 0 bridgehead atoms. The minimum Gasteiger partial charge on any atom is -0.481 e. The molecule has 0 radical (unpaired) electrons. The molecule has 0 aliphatic carbocycles. The third-order valence-electron chi connectivity index (χ3n) is 14.9. The second-order valence-electron chi connectivity index (χ2n) is 26.1. The van der Waals surface area contributed by atoms with Gasteiger partial charge in [-0.05, 0) is 52.4 Å². The average Bonchev–Trinajstić information content (AvgIpc) is 0.797. The zero-order valence-corrected chi connectivity index (χ0v) is 62.6. The number of benzene rings is 2. The Balaban J connectivity index is -0.00000125. The molecule has 564 valence electrons. The van der Waals surface area contributed by atoms with E-state index in [4.69, 9.17) is 36.6 Å². The Hall–Kier alpha value is -7.18. The molecular formula is C68H114N7O22PS. The monoisotopic (exact) mass is 1440 g/mol. The lowest BCUT2D eigenvalue weighted by Crippen LogP contribution is -2.65. The first-order valence-corrected chi connectivity index (χ1v) is 36.4. The van der Waals surface area contributed by atoms with Crippen LogP contribution in [0.2, 0.25) is 0 Å². The van der Waals surface area contributed by atoms with E-state index in [1.807, 2.05) is 116 Å². The van der Waals surface area contributed by atoms with E-state index in [1.54, 1.807) is 34.6 Å². The van der Waals surface area contributed by atoms with E-state index in [0.717, 1.165) is 17.5 Å². The van der Waals surface area contributed by atoms with Crippen molar-refractivity contribution in [3.05, 3.63) is 60.7 Å². The molecule has 11 atom stereocenters. The van der Waals surface area contributed by atoms with Crippen molar-refractivity contribution in [2.45, 2.75) is 241 Å². The molecule has 0 saturated carbocycles. The predicted molar refractivity (Wildman–Crippen MR) is 376 cm³/mol. The van der Waals surface area contributed by atoms with Crippen molar-refractivity contribution in [3.8, 4) is 0 Å². The summed E-state index contributed by atoms with van der Waals surface area (Å²) in [6.07, 6.45) is -3.99. The summed E-state index contributed by atoms with van der Waals surface area (Å²) in [5.41, 5.74) is 10.9. The van der Waals surface area contributed by atoms with Crippen LogP contribution in [0.25, 0.3) is 0 Å². The number of rotatable bonds is 31. The molecule has 2 aromatic carbocycles. The second-order valence-corrected chi connectivity index (χ2v) is 32.1. The van der Waals surface area contributed by atoms with Crippen LogP contribution in [-0.4, -0.2) is 200 Å². The van der Waals surface area contributed by atoms with Crippen LogP contribution in [0.15, 0.2) is 60.7 Å². The highest BCUT2D eigenvalue weighted by Crippen LogP contribution is 2.48. The van der Waals surface area contributed by atoms with E-state index >= 15 is 0 Å². The summed E-state index contributed by atoms with van der Waals surface area (Å²) < 4.78 is 39.5. The molecule has 3 rings (SSSR count). The topological polar surface area (TPSA) is 499 Å². The van der Waals surface area contributed by atoms with Crippen LogP contribution in [0, 0.1) is 29.6 Å². The lowest BCUT2D eigenvalue weighted by Gasteiger charge is -2.44. The first-order chi connectivity index (χ1) is 45.4. The van der Waals surface area contributed by atoms with Crippen molar-refractivity contribution in [2.75, 3.05) is 12.9 Å². The fraction of sp³-hybridized carbons (Fsp3) is 0.647. The van der Waals surface area contributed by atoms with Crippen molar-refractivity contribution >= 4 is 98.2 Å². The van der Waals surface area contributed by atoms with Gasteiger partial charge in [-0.25, -0.2) is 8.42 Å². The van der Waals surface area contributed by atoms with Crippen molar-refractivity contribution in [1.82, 2.24) is 26.6 Å². The highest BCUT2D eigenvalue weighted by Gasteiger charge is 2.45. The molecule has 1 heterocycles. The lowest BCUT2D eigenvalue weighted by molar-refractivity contribution is -0.204. The third-order valence-corrected chi connectivity index (χ3v) is 20.2. The molecule has 2 aromatic rings. The Kier molecular flexibility index (Phi) is 46.3. The lowest BCUT2D eigenvalue weighted by atomic mass is 9.87. The van der Waals surface area contributed by atoms with Gasteiger partial charge in [-0.3, -0.25) is 57.5 Å². The number of Topliss-reactive ketones (excluding diaryl/α,β-unsaturated/α-hetero) is 4. The van der Waals surface area contributed by atoms with Gasteiger partial charge >= 0.3 is 17.9 Å². The third kappa shape index (κ3) is 38.3. The Morgan fingerprint density at radius 2 is 0.990 bits per heavy atom. The van der Waals surface area contributed by atoms with Gasteiger partial charge in [0.15, 0.2) is 11.6 Å². The van der Waals surface area contributed by atoms with Crippen LogP contribution in [0.3, 0.4) is 0 Å². The van der Waals surface area contributed by atoms with Gasteiger partial charge in [-0.15, -0.1) is 0 Å². The van der Waals surface area contributed by atoms with E-state index in [0.29, 0.717) is 12.8 Å². The van der Waals surface area contributed by atoms with Crippen LogP contribution in [-0.2, 0) is 76.7 Å². The molecule has 1 aliphatic rings. The molecule has 99 heavy (non-hydrogen) atoms. The molecule has 15 N–H and O–H groups in total. The number of carbonyl (C=O) groups is 12. The number of ketones is 4. The number of ether oxygens (including phenoxy) is 1. The highest BCUT2D eigenvalue weighted by atomic mass is 32.2.